The zero-order valence-corrected chi connectivity index (χ0v) is 18.0. The van der Waals surface area contributed by atoms with E-state index in [4.69, 9.17) is 20.6 Å². The Morgan fingerprint density at radius 2 is 2.00 bits per heavy atom. The van der Waals surface area contributed by atoms with E-state index in [1.165, 1.54) is 0 Å². The van der Waals surface area contributed by atoms with Gasteiger partial charge in [-0.25, -0.2) is 4.79 Å². The molecule has 1 saturated carbocycles. The summed E-state index contributed by atoms with van der Waals surface area (Å²) in [5, 5.41) is 9.20. The van der Waals surface area contributed by atoms with E-state index in [1.54, 1.807) is 0 Å². The van der Waals surface area contributed by atoms with Crippen LogP contribution in [-0.4, -0.2) is 47.1 Å². The quantitative estimate of drug-likeness (QED) is 0.398. The Hall–Kier alpha value is -1.58. The van der Waals surface area contributed by atoms with Crippen molar-refractivity contribution in [3.05, 3.63) is 0 Å². The molecular weight excluding hydrogens is 372 g/mol. The maximum absolute atomic E-state index is 12.6. The van der Waals surface area contributed by atoms with Crippen LogP contribution in [0.15, 0.2) is 0 Å². The number of carbonyl (C=O) groups excluding carboxylic acids is 2. The van der Waals surface area contributed by atoms with Crippen molar-refractivity contribution in [2.45, 2.75) is 89.6 Å². The summed E-state index contributed by atoms with van der Waals surface area (Å²) in [6.45, 7) is 7.71. The number of fused-ring (bicyclic) bond motifs is 4. The van der Waals surface area contributed by atoms with E-state index in [0.717, 1.165) is 12.8 Å². The third-order valence-electron chi connectivity index (χ3n) is 7.52. The molecule has 0 radical (unpaired) electrons. The second-order valence-corrected chi connectivity index (χ2v) is 9.44. The summed E-state index contributed by atoms with van der Waals surface area (Å²) >= 11 is 0. The minimum Gasteiger partial charge on any atom is -0.459 e. The summed E-state index contributed by atoms with van der Waals surface area (Å²) in [6, 6.07) is 0. The van der Waals surface area contributed by atoms with Crippen molar-refractivity contribution < 1.29 is 28.9 Å². The molecule has 0 aromatic rings. The normalized spacial score (nSPS) is 40.4. The Morgan fingerprint density at radius 1 is 1.28 bits per heavy atom. The minimum absolute atomic E-state index is 0.0666. The van der Waals surface area contributed by atoms with Gasteiger partial charge in [-0.05, 0) is 43.9 Å². The monoisotopic (exact) mass is 406 g/mol. The molecular formula is C23H34O6. The lowest BCUT2D eigenvalue weighted by molar-refractivity contribution is -0.266. The molecule has 162 valence electrons. The largest absolute Gasteiger partial charge is 0.459 e. The van der Waals surface area contributed by atoms with Crippen LogP contribution in [0.2, 0.25) is 0 Å². The summed E-state index contributed by atoms with van der Waals surface area (Å²) in [6.07, 6.45) is 8.33. The van der Waals surface area contributed by atoms with Crippen molar-refractivity contribution in [2.75, 3.05) is 6.61 Å². The summed E-state index contributed by atoms with van der Waals surface area (Å²) in [4.78, 5) is 24.5. The van der Waals surface area contributed by atoms with Crippen LogP contribution in [0.3, 0.4) is 0 Å². The molecule has 0 aromatic heterocycles. The van der Waals surface area contributed by atoms with Crippen LogP contribution in [0, 0.1) is 36.0 Å². The lowest BCUT2D eigenvalue weighted by atomic mass is 9.69. The van der Waals surface area contributed by atoms with Gasteiger partial charge in [0.05, 0.1) is 0 Å². The lowest BCUT2D eigenvalue weighted by Gasteiger charge is -2.53. The number of rotatable bonds is 7. The predicted molar refractivity (Wildman–Crippen MR) is 107 cm³/mol. The molecule has 1 N–H and O–H groups in total. The first-order valence-corrected chi connectivity index (χ1v) is 10.8. The number of terminal acetylenes is 1. The molecule has 0 amide bonds. The highest BCUT2D eigenvalue weighted by Crippen LogP contribution is 2.63. The SMILES string of the molecule is C#CCCCC(=O)O[C@H]1[C@@H]2[C@H](C)CC[C@H]2C2(C)O[C@@]1(C(C)C)C[C@H]2OC(=O)CO. The van der Waals surface area contributed by atoms with Crippen molar-refractivity contribution in [3.63, 3.8) is 0 Å². The Kier molecular flexibility index (Phi) is 6.31. The molecule has 1 unspecified atom stereocenters. The van der Waals surface area contributed by atoms with Crippen LogP contribution in [-0.2, 0) is 23.8 Å². The highest BCUT2D eigenvalue weighted by Gasteiger charge is 2.72. The molecule has 3 fully saturated rings. The van der Waals surface area contributed by atoms with Gasteiger partial charge in [0.15, 0.2) is 0 Å². The summed E-state index contributed by atoms with van der Waals surface area (Å²) in [5.74, 6) is 2.41. The fourth-order valence-corrected chi connectivity index (χ4v) is 5.98. The Labute approximate surface area is 173 Å². The van der Waals surface area contributed by atoms with Crippen molar-refractivity contribution >= 4 is 11.9 Å². The van der Waals surface area contributed by atoms with Crippen LogP contribution >= 0.6 is 0 Å². The maximum Gasteiger partial charge on any atom is 0.332 e. The number of aliphatic hydroxyl groups excluding tert-OH is 1. The third-order valence-corrected chi connectivity index (χ3v) is 7.52. The van der Waals surface area contributed by atoms with E-state index < -0.39 is 29.9 Å². The number of aliphatic hydroxyl groups is 1. The van der Waals surface area contributed by atoms with Gasteiger partial charge in [-0.2, -0.15) is 0 Å². The zero-order chi connectivity index (χ0) is 21.4. The number of esters is 2. The van der Waals surface area contributed by atoms with Gasteiger partial charge in [-0.1, -0.05) is 20.8 Å². The fourth-order valence-electron chi connectivity index (χ4n) is 5.98. The van der Waals surface area contributed by atoms with E-state index in [-0.39, 0.29) is 29.8 Å². The smallest absolute Gasteiger partial charge is 0.332 e. The molecule has 6 heteroatoms. The second kappa shape index (κ2) is 8.28. The van der Waals surface area contributed by atoms with Gasteiger partial charge in [0.2, 0.25) is 0 Å². The highest BCUT2D eigenvalue weighted by molar-refractivity contribution is 5.71. The average molecular weight is 407 g/mol. The molecule has 3 aliphatic rings. The van der Waals surface area contributed by atoms with Crippen LogP contribution in [0.25, 0.3) is 0 Å². The van der Waals surface area contributed by atoms with Crippen molar-refractivity contribution in [2.24, 2.45) is 23.7 Å². The zero-order valence-electron chi connectivity index (χ0n) is 18.0. The molecule has 2 saturated heterocycles. The summed E-state index contributed by atoms with van der Waals surface area (Å²) in [5.41, 5.74) is -1.35. The molecule has 2 bridgehead atoms. The number of unbranched alkanes of at least 4 members (excludes halogenated alkanes) is 1. The van der Waals surface area contributed by atoms with Crippen LogP contribution in [0.4, 0.5) is 0 Å². The Morgan fingerprint density at radius 3 is 2.62 bits per heavy atom. The Balaban J connectivity index is 1.94. The van der Waals surface area contributed by atoms with E-state index in [1.807, 2.05) is 6.92 Å². The maximum atomic E-state index is 12.6. The lowest BCUT2D eigenvalue weighted by Crippen LogP contribution is -2.62. The van der Waals surface area contributed by atoms with Gasteiger partial charge in [0.1, 0.15) is 30.0 Å². The molecule has 0 aromatic carbocycles. The van der Waals surface area contributed by atoms with Gasteiger partial charge in [-0.3, -0.25) is 4.79 Å². The number of carbonyl (C=O) groups is 2. The Bertz CT molecular complexity index is 681. The van der Waals surface area contributed by atoms with Crippen molar-refractivity contribution in [1.29, 1.82) is 0 Å². The molecule has 2 aliphatic heterocycles. The van der Waals surface area contributed by atoms with Gasteiger partial charge < -0.3 is 19.3 Å². The topological polar surface area (TPSA) is 82.1 Å². The highest BCUT2D eigenvalue weighted by atomic mass is 16.6. The van der Waals surface area contributed by atoms with Crippen LogP contribution in [0.5, 0.6) is 0 Å². The van der Waals surface area contributed by atoms with Gasteiger partial charge in [0.25, 0.3) is 0 Å². The van der Waals surface area contributed by atoms with E-state index >= 15 is 0 Å². The van der Waals surface area contributed by atoms with Crippen molar-refractivity contribution in [3.8, 4) is 12.3 Å². The van der Waals surface area contributed by atoms with E-state index in [0.29, 0.717) is 31.6 Å². The molecule has 0 spiro atoms. The number of ether oxygens (including phenoxy) is 3. The number of hydrogen-bond acceptors (Lipinski definition) is 6. The van der Waals surface area contributed by atoms with Crippen LogP contribution in [0.1, 0.15) is 66.2 Å². The van der Waals surface area contributed by atoms with Gasteiger partial charge in [0, 0.05) is 25.2 Å². The minimum atomic E-state index is -0.712. The fraction of sp³-hybridized carbons (Fsp3) is 0.826. The van der Waals surface area contributed by atoms with Crippen molar-refractivity contribution in [1.82, 2.24) is 0 Å². The first kappa shape index (κ1) is 22.1. The van der Waals surface area contributed by atoms with Gasteiger partial charge >= 0.3 is 11.9 Å². The van der Waals surface area contributed by atoms with E-state index in [9.17, 15) is 14.7 Å². The van der Waals surface area contributed by atoms with E-state index in [2.05, 4.69) is 26.7 Å². The molecule has 29 heavy (non-hydrogen) atoms. The molecule has 2 heterocycles. The summed E-state index contributed by atoms with van der Waals surface area (Å²) < 4.78 is 18.5. The predicted octanol–water partition coefficient (Wildman–Crippen LogP) is 2.86. The molecule has 7 atom stereocenters. The second-order valence-electron chi connectivity index (χ2n) is 9.44. The standard InChI is InChI=1S/C23H34O6/c1-6-7-8-9-18(25)28-21-20-15(4)10-11-16(20)22(5)17(27-19(26)13-24)12-23(21,29-22)14(2)3/h1,14-17,20-21,24H,7-13H2,2-5H3/t15-,16-,17-,20-,21+,22?,23-/m1/s1. The summed E-state index contributed by atoms with van der Waals surface area (Å²) in [7, 11) is 0. The molecule has 3 rings (SSSR count). The number of hydrogen-bond donors (Lipinski definition) is 1. The van der Waals surface area contributed by atoms with Gasteiger partial charge in [-0.15, -0.1) is 12.3 Å². The molecule has 1 aliphatic carbocycles. The average Bonchev–Trinajstić information content (AvgIpc) is 3.18. The molecule has 6 nitrogen and oxygen atoms in total. The third kappa shape index (κ3) is 3.68. The van der Waals surface area contributed by atoms with Crippen LogP contribution < -0.4 is 0 Å². The first-order valence-electron chi connectivity index (χ1n) is 10.8. The first-order chi connectivity index (χ1) is 13.7.